The van der Waals surface area contributed by atoms with Gasteiger partial charge in [0.15, 0.2) is 0 Å². The molecule has 0 aliphatic heterocycles. The molecule has 0 aromatic carbocycles. The van der Waals surface area contributed by atoms with Gasteiger partial charge < -0.3 is 0 Å². The van der Waals surface area contributed by atoms with Crippen LogP contribution in [0.4, 0.5) is 0 Å². The molecular weight excluding hydrogens is 200 g/mol. The van der Waals surface area contributed by atoms with Crippen LogP contribution in [0.3, 0.4) is 0 Å². The van der Waals surface area contributed by atoms with E-state index in [4.69, 9.17) is 0 Å². The second-order valence-corrected chi connectivity index (χ2v) is 5.22. The number of H-pyrrole nitrogens is 1. The maximum Gasteiger partial charge on any atom is 0.269 e. The number of rotatable bonds is 5. The molecule has 16 heavy (non-hydrogen) atoms. The second kappa shape index (κ2) is 5.37. The molecule has 0 bridgehead atoms. The van der Waals surface area contributed by atoms with Gasteiger partial charge >= 0.3 is 0 Å². The van der Waals surface area contributed by atoms with Crippen molar-refractivity contribution in [3.8, 4) is 0 Å². The van der Waals surface area contributed by atoms with Crippen LogP contribution in [-0.2, 0) is 13.0 Å². The first-order chi connectivity index (χ1) is 7.47. The van der Waals surface area contributed by atoms with Crippen molar-refractivity contribution in [1.29, 1.82) is 0 Å². The fourth-order valence-corrected chi connectivity index (χ4v) is 2.00. The number of hydrogen-bond donors (Lipinski definition) is 1. The van der Waals surface area contributed by atoms with E-state index >= 15 is 0 Å². The van der Waals surface area contributed by atoms with Crippen LogP contribution in [0.25, 0.3) is 0 Å². The zero-order valence-electron chi connectivity index (χ0n) is 11.1. The molecule has 0 radical (unpaired) electrons. The fourth-order valence-electron chi connectivity index (χ4n) is 2.00. The van der Waals surface area contributed by atoms with Crippen LogP contribution in [0.1, 0.15) is 58.2 Å². The van der Waals surface area contributed by atoms with Crippen LogP contribution in [0.2, 0.25) is 0 Å². The smallest absolute Gasteiger partial charge is 0.269 e. The van der Waals surface area contributed by atoms with Gasteiger partial charge in [0.25, 0.3) is 5.56 Å². The molecular formula is C13H24N2O. The Morgan fingerprint density at radius 1 is 1.25 bits per heavy atom. The monoisotopic (exact) mass is 224 g/mol. The van der Waals surface area contributed by atoms with Crippen molar-refractivity contribution in [1.82, 2.24) is 9.78 Å². The van der Waals surface area contributed by atoms with E-state index in [-0.39, 0.29) is 5.56 Å². The third kappa shape index (κ3) is 2.77. The van der Waals surface area contributed by atoms with E-state index in [1.54, 1.807) is 4.68 Å². The Balaban J connectivity index is 3.13. The number of aromatic amines is 1. The van der Waals surface area contributed by atoms with Gasteiger partial charge in [-0.3, -0.25) is 14.6 Å². The molecule has 3 heteroatoms. The Hall–Kier alpha value is -0.990. The second-order valence-electron chi connectivity index (χ2n) is 5.22. The van der Waals surface area contributed by atoms with Crippen molar-refractivity contribution in [2.45, 2.75) is 59.9 Å². The molecule has 0 amide bonds. The van der Waals surface area contributed by atoms with Gasteiger partial charge in [-0.15, -0.1) is 0 Å². The molecule has 1 aromatic rings. The topological polar surface area (TPSA) is 37.8 Å². The lowest BCUT2D eigenvalue weighted by molar-refractivity contribution is 0.468. The molecule has 0 saturated carbocycles. The summed E-state index contributed by atoms with van der Waals surface area (Å²) in [7, 11) is 0. The van der Waals surface area contributed by atoms with Gasteiger partial charge in [0, 0.05) is 17.8 Å². The summed E-state index contributed by atoms with van der Waals surface area (Å²) in [6.07, 6.45) is 1.91. The maximum atomic E-state index is 12.2. The quantitative estimate of drug-likeness (QED) is 0.820. The van der Waals surface area contributed by atoms with Crippen LogP contribution >= 0.6 is 0 Å². The van der Waals surface area contributed by atoms with E-state index in [2.05, 4.69) is 39.7 Å². The first kappa shape index (κ1) is 13.1. The molecule has 0 spiro atoms. The van der Waals surface area contributed by atoms with Crippen molar-refractivity contribution in [3.63, 3.8) is 0 Å². The van der Waals surface area contributed by atoms with Crippen molar-refractivity contribution < 1.29 is 0 Å². The third-order valence-electron chi connectivity index (χ3n) is 2.71. The molecule has 0 fully saturated rings. The minimum absolute atomic E-state index is 0.180. The standard InChI is InChI=1S/C13H24N2O/c1-6-7-11-12(10(4)5)14-15(13(11)16)8-9(2)3/h9-10,14H,6-8H2,1-5H3. The van der Waals surface area contributed by atoms with Crippen molar-refractivity contribution >= 4 is 0 Å². The predicted molar refractivity (Wildman–Crippen MR) is 68.0 cm³/mol. The highest BCUT2D eigenvalue weighted by Crippen LogP contribution is 2.16. The Labute approximate surface area is 97.8 Å². The minimum Gasteiger partial charge on any atom is -0.299 e. The highest BCUT2D eigenvalue weighted by molar-refractivity contribution is 5.20. The molecule has 0 aliphatic rings. The molecule has 1 rings (SSSR count). The third-order valence-corrected chi connectivity index (χ3v) is 2.71. The Morgan fingerprint density at radius 2 is 1.88 bits per heavy atom. The van der Waals surface area contributed by atoms with Gasteiger partial charge in [0.2, 0.25) is 0 Å². The van der Waals surface area contributed by atoms with Crippen LogP contribution in [0, 0.1) is 5.92 Å². The number of nitrogens with one attached hydrogen (secondary N) is 1. The van der Waals surface area contributed by atoms with Crippen LogP contribution in [0.5, 0.6) is 0 Å². The average Bonchev–Trinajstić information content (AvgIpc) is 2.46. The van der Waals surface area contributed by atoms with Crippen LogP contribution < -0.4 is 5.56 Å². The SMILES string of the molecule is CCCc1c(C(C)C)[nH]n(CC(C)C)c1=O. The van der Waals surface area contributed by atoms with Gasteiger partial charge in [-0.05, 0) is 18.3 Å². The van der Waals surface area contributed by atoms with E-state index in [0.29, 0.717) is 11.8 Å². The molecule has 1 N–H and O–H groups in total. The van der Waals surface area contributed by atoms with Crippen molar-refractivity contribution in [2.75, 3.05) is 0 Å². The zero-order chi connectivity index (χ0) is 12.3. The molecule has 1 aromatic heterocycles. The molecule has 0 unspecified atom stereocenters. The summed E-state index contributed by atoms with van der Waals surface area (Å²) in [5, 5.41) is 3.27. The molecule has 0 atom stereocenters. The van der Waals surface area contributed by atoms with E-state index in [1.165, 1.54) is 0 Å². The Morgan fingerprint density at radius 3 is 2.31 bits per heavy atom. The largest absolute Gasteiger partial charge is 0.299 e. The van der Waals surface area contributed by atoms with E-state index < -0.39 is 0 Å². The lowest BCUT2D eigenvalue weighted by atomic mass is 10.0. The van der Waals surface area contributed by atoms with Gasteiger partial charge in [-0.2, -0.15) is 0 Å². The van der Waals surface area contributed by atoms with Crippen molar-refractivity contribution in [2.24, 2.45) is 5.92 Å². The molecule has 3 nitrogen and oxygen atoms in total. The highest BCUT2D eigenvalue weighted by atomic mass is 16.1. The lowest BCUT2D eigenvalue weighted by Gasteiger charge is -2.06. The number of hydrogen-bond acceptors (Lipinski definition) is 1. The van der Waals surface area contributed by atoms with Gasteiger partial charge in [-0.25, -0.2) is 0 Å². The Bertz CT molecular complexity index is 385. The Kier molecular flexibility index (Phi) is 4.39. The molecule has 92 valence electrons. The molecule has 0 aliphatic carbocycles. The first-order valence-corrected chi connectivity index (χ1v) is 6.28. The van der Waals surface area contributed by atoms with Crippen LogP contribution in [0.15, 0.2) is 4.79 Å². The predicted octanol–water partition coefficient (Wildman–Crippen LogP) is 2.91. The summed E-state index contributed by atoms with van der Waals surface area (Å²) in [5.41, 5.74) is 2.28. The number of nitrogens with zero attached hydrogens (tertiary/aromatic N) is 1. The summed E-state index contributed by atoms with van der Waals surface area (Å²) in [4.78, 5) is 12.2. The van der Waals surface area contributed by atoms with Crippen LogP contribution in [-0.4, -0.2) is 9.78 Å². The fraction of sp³-hybridized carbons (Fsp3) is 0.769. The molecule has 0 saturated heterocycles. The van der Waals surface area contributed by atoms with E-state index in [9.17, 15) is 4.79 Å². The van der Waals surface area contributed by atoms with Crippen molar-refractivity contribution in [3.05, 3.63) is 21.6 Å². The summed E-state index contributed by atoms with van der Waals surface area (Å²) in [6.45, 7) is 11.4. The highest BCUT2D eigenvalue weighted by Gasteiger charge is 2.15. The van der Waals surface area contributed by atoms with Gasteiger partial charge in [-0.1, -0.05) is 41.0 Å². The summed E-state index contributed by atoms with van der Waals surface area (Å²) in [6, 6.07) is 0. The molecule has 1 heterocycles. The summed E-state index contributed by atoms with van der Waals surface area (Å²) >= 11 is 0. The first-order valence-electron chi connectivity index (χ1n) is 6.28. The average molecular weight is 224 g/mol. The summed E-state index contributed by atoms with van der Waals surface area (Å²) < 4.78 is 1.77. The van der Waals surface area contributed by atoms with Gasteiger partial charge in [0.05, 0.1) is 0 Å². The number of aromatic nitrogens is 2. The van der Waals surface area contributed by atoms with Gasteiger partial charge in [0.1, 0.15) is 0 Å². The summed E-state index contributed by atoms with van der Waals surface area (Å²) in [5.74, 6) is 0.883. The van der Waals surface area contributed by atoms with E-state index in [1.807, 2.05) is 0 Å². The minimum atomic E-state index is 0.180. The normalized spacial score (nSPS) is 11.7. The lowest BCUT2D eigenvalue weighted by Crippen LogP contribution is -2.21. The van der Waals surface area contributed by atoms with E-state index in [0.717, 1.165) is 30.6 Å². The zero-order valence-corrected chi connectivity index (χ0v) is 11.1. The maximum absolute atomic E-state index is 12.2.